The van der Waals surface area contributed by atoms with Gasteiger partial charge in [-0.3, -0.25) is 4.98 Å². The molecule has 0 fully saturated rings. The topological polar surface area (TPSA) is 66.0 Å². The first kappa shape index (κ1) is 16.6. The molecular weight excluding hydrogens is 324 g/mol. The largest absolute Gasteiger partial charge is 0.362 e. The lowest BCUT2D eigenvalue weighted by Gasteiger charge is -2.05. The van der Waals surface area contributed by atoms with E-state index in [1.54, 1.807) is 6.20 Å². The molecule has 1 aromatic carbocycles. The molecule has 0 amide bonds. The molecule has 0 atom stereocenters. The number of pyridine rings is 1. The molecule has 3 rings (SSSR count). The van der Waals surface area contributed by atoms with Gasteiger partial charge in [0.15, 0.2) is 0 Å². The van der Waals surface area contributed by atoms with Crippen LogP contribution in [0.2, 0.25) is 5.02 Å². The van der Waals surface area contributed by atoms with Gasteiger partial charge < -0.3 is 15.0 Å². The number of rotatable bonds is 7. The van der Waals surface area contributed by atoms with Crippen molar-refractivity contribution < 1.29 is 4.74 Å². The molecule has 0 spiro atoms. The highest BCUT2D eigenvalue weighted by Crippen LogP contribution is 2.18. The summed E-state index contributed by atoms with van der Waals surface area (Å²) in [5.74, 6) is 0. The highest BCUT2D eigenvalue weighted by atomic mass is 35.5. The fraction of sp³-hybridized carbons (Fsp3) is 0.222. The Morgan fingerprint density at radius 1 is 1.12 bits per heavy atom. The molecule has 24 heavy (non-hydrogen) atoms. The molecular formula is C18H19ClN4O. The van der Waals surface area contributed by atoms with Gasteiger partial charge in [-0.15, -0.1) is 0 Å². The number of aromatic nitrogens is 3. The van der Waals surface area contributed by atoms with Crippen LogP contribution in [-0.4, -0.2) is 21.3 Å². The molecule has 0 aliphatic rings. The zero-order valence-electron chi connectivity index (χ0n) is 13.2. The minimum Gasteiger partial charge on any atom is -0.362 e. The first-order valence-corrected chi connectivity index (χ1v) is 8.12. The lowest BCUT2D eigenvalue weighted by atomic mass is 10.1. The zero-order chi connectivity index (χ0) is 16.8. The van der Waals surface area contributed by atoms with Crippen LogP contribution in [0.3, 0.4) is 0 Å². The van der Waals surface area contributed by atoms with Crippen LogP contribution in [0.1, 0.15) is 11.1 Å². The van der Waals surface area contributed by atoms with Crippen molar-refractivity contribution in [1.82, 2.24) is 14.5 Å². The first-order chi connectivity index (χ1) is 11.8. The van der Waals surface area contributed by atoms with E-state index < -0.39 is 0 Å². The Hall–Kier alpha value is -2.21. The number of hydrogen-bond donors (Lipinski definition) is 1. The van der Waals surface area contributed by atoms with Crippen molar-refractivity contribution in [2.24, 2.45) is 5.73 Å². The maximum absolute atomic E-state index is 6.20. The van der Waals surface area contributed by atoms with Crippen molar-refractivity contribution in [2.75, 3.05) is 6.73 Å². The summed E-state index contributed by atoms with van der Waals surface area (Å²) in [6.07, 6.45) is 6.42. The molecule has 5 nitrogen and oxygen atoms in total. The third kappa shape index (κ3) is 4.20. The predicted molar refractivity (Wildman–Crippen MR) is 94.5 cm³/mol. The van der Waals surface area contributed by atoms with Gasteiger partial charge >= 0.3 is 0 Å². The molecule has 0 aliphatic heterocycles. The minimum atomic E-state index is 0.203. The highest BCUT2D eigenvalue weighted by molar-refractivity contribution is 6.31. The summed E-state index contributed by atoms with van der Waals surface area (Å²) in [6, 6.07) is 11.8. The molecule has 124 valence electrons. The van der Waals surface area contributed by atoms with Crippen LogP contribution >= 0.6 is 11.6 Å². The van der Waals surface area contributed by atoms with Crippen LogP contribution in [0.25, 0.3) is 11.4 Å². The Morgan fingerprint density at radius 2 is 2.00 bits per heavy atom. The normalized spacial score (nSPS) is 10.9. The highest BCUT2D eigenvalue weighted by Gasteiger charge is 2.06. The van der Waals surface area contributed by atoms with Gasteiger partial charge in [0, 0.05) is 24.0 Å². The fourth-order valence-corrected chi connectivity index (χ4v) is 2.68. The van der Waals surface area contributed by atoms with Gasteiger partial charge in [-0.25, -0.2) is 4.98 Å². The van der Waals surface area contributed by atoms with Crippen LogP contribution in [0.5, 0.6) is 0 Å². The second-order valence-corrected chi connectivity index (χ2v) is 5.81. The third-order valence-corrected chi connectivity index (χ3v) is 4.07. The monoisotopic (exact) mass is 342 g/mol. The van der Waals surface area contributed by atoms with Crippen LogP contribution < -0.4 is 5.73 Å². The maximum Gasteiger partial charge on any atom is 0.107 e. The van der Waals surface area contributed by atoms with Crippen molar-refractivity contribution >= 4 is 11.6 Å². The molecule has 0 saturated heterocycles. The van der Waals surface area contributed by atoms with Crippen LogP contribution in [0.15, 0.2) is 55.1 Å². The van der Waals surface area contributed by atoms with Gasteiger partial charge in [-0.2, -0.15) is 0 Å². The standard InChI is InChI=1S/C18H19ClN4O/c19-16-4-2-1-3-15(16)6-8-23-10-18(22-13-23)17-9-14(5-7-21-17)11-24-12-20/h1-5,7,9-10,13H,6,8,11-12,20H2. The Bertz CT molecular complexity index is 803. The number of imidazole rings is 1. The van der Waals surface area contributed by atoms with Crippen molar-refractivity contribution in [3.05, 3.63) is 71.3 Å². The van der Waals surface area contributed by atoms with E-state index in [9.17, 15) is 0 Å². The van der Waals surface area contributed by atoms with Crippen molar-refractivity contribution in [1.29, 1.82) is 0 Å². The molecule has 2 N–H and O–H groups in total. The number of nitrogens with zero attached hydrogens (tertiary/aromatic N) is 3. The Morgan fingerprint density at radius 3 is 2.83 bits per heavy atom. The minimum absolute atomic E-state index is 0.203. The summed E-state index contributed by atoms with van der Waals surface area (Å²) in [5.41, 5.74) is 9.18. The van der Waals surface area contributed by atoms with Crippen molar-refractivity contribution in [2.45, 2.75) is 19.6 Å². The molecule has 0 saturated carbocycles. The number of halogens is 1. The molecule has 0 unspecified atom stereocenters. The first-order valence-electron chi connectivity index (χ1n) is 7.74. The van der Waals surface area contributed by atoms with E-state index in [1.165, 1.54) is 0 Å². The second kappa shape index (κ2) is 8.06. The van der Waals surface area contributed by atoms with E-state index in [0.717, 1.165) is 40.5 Å². The molecule has 2 heterocycles. The van der Waals surface area contributed by atoms with Crippen LogP contribution in [0.4, 0.5) is 0 Å². The van der Waals surface area contributed by atoms with E-state index >= 15 is 0 Å². The summed E-state index contributed by atoms with van der Waals surface area (Å²) in [7, 11) is 0. The Kier molecular flexibility index (Phi) is 5.59. The van der Waals surface area contributed by atoms with E-state index in [1.807, 2.05) is 53.5 Å². The lowest BCUT2D eigenvalue weighted by Crippen LogP contribution is -2.04. The summed E-state index contributed by atoms with van der Waals surface area (Å²) < 4.78 is 7.27. The number of benzene rings is 1. The molecule has 6 heteroatoms. The number of hydrogen-bond acceptors (Lipinski definition) is 4. The molecule has 0 radical (unpaired) electrons. The van der Waals surface area contributed by atoms with Gasteiger partial charge in [0.05, 0.1) is 25.4 Å². The molecule has 2 aromatic heterocycles. The zero-order valence-corrected chi connectivity index (χ0v) is 14.0. The van der Waals surface area contributed by atoms with Gasteiger partial charge in [-0.1, -0.05) is 29.8 Å². The Labute approximate surface area is 146 Å². The Balaban J connectivity index is 1.68. The fourth-order valence-electron chi connectivity index (χ4n) is 2.45. The quantitative estimate of drug-likeness (QED) is 0.669. The van der Waals surface area contributed by atoms with Crippen LogP contribution in [0, 0.1) is 0 Å². The van der Waals surface area contributed by atoms with Gasteiger partial charge in [-0.05, 0) is 35.7 Å². The number of aryl methyl sites for hydroxylation is 2. The van der Waals surface area contributed by atoms with E-state index in [4.69, 9.17) is 22.1 Å². The average Bonchev–Trinajstić information content (AvgIpc) is 3.08. The van der Waals surface area contributed by atoms with Crippen LogP contribution in [-0.2, 0) is 24.3 Å². The molecule has 3 aromatic rings. The van der Waals surface area contributed by atoms with E-state index in [0.29, 0.717) is 6.61 Å². The third-order valence-electron chi connectivity index (χ3n) is 3.70. The summed E-state index contributed by atoms with van der Waals surface area (Å²) in [4.78, 5) is 8.82. The summed E-state index contributed by atoms with van der Waals surface area (Å²) in [6.45, 7) is 1.49. The summed E-state index contributed by atoms with van der Waals surface area (Å²) >= 11 is 6.20. The maximum atomic E-state index is 6.20. The van der Waals surface area contributed by atoms with Gasteiger partial charge in [0.1, 0.15) is 5.69 Å². The lowest BCUT2D eigenvalue weighted by molar-refractivity contribution is 0.127. The van der Waals surface area contributed by atoms with Gasteiger partial charge in [0.2, 0.25) is 0 Å². The van der Waals surface area contributed by atoms with Gasteiger partial charge in [0.25, 0.3) is 0 Å². The van der Waals surface area contributed by atoms with Crippen molar-refractivity contribution in [3.8, 4) is 11.4 Å². The number of ether oxygens (including phenoxy) is 1. The number of nitrogens with two attached hydrogens (primary N) is 1. The van der Waals surface area contributed by atoms with E-state index in [-0.39, 0.29) is 6.73 Å². The molecule has 0 aliphatic carbocycles. The molecule has 0 bridgehead atoms. The van der Waals surface area contributed by atoms with E-state index in [2.05, 4.69) is 9.97 Å². The predicted octanol–water partition coefficient (Wildman–Crippen LogP) is 3.27. The van der Waals surface area contributed by atoms with Crippen molar-refractivity contribution in [3.63, 3.8) is 0 Å². The second-order valence-electron chi connectivity index (χ2n) is 5.40. The summed E-state index contributed by atoms with van der Waals surface area (Å²) in [5, 5.41) is 0.798. The SMILES string of the molecule is NCOCc1ccnc(-c2cn(CCc3ccccc3Cl)cn2)c1. The smallest absolute Gasteiger partial charge is 0.107 e. The average molecular weight is 343 g/mol.